The molecule has 0 radical (unpaired) electrons. The maximum atomic E-state index is 8.74. The van der Waals surface area contributed by atoms with Crippen LogP contribution in [0.25, 0.3) is 0 Å². The molecular formula is C11H13N7. The van der Waals surface area contributed by atoms with Crippen molar-refractivity contribution < 1.29 is 0 Å². The number of nitrogens with zero attached hydrogens (tertiary/aromatic N) is 7. The summed E-state index contributed by atoms with van der Waals surface area (Å²) < 4.78 is 3.57. The molecule has 0 atom stereocenters. The van der Waals surface area contributed by atoms with Crippen LogP contribution < -0.4 is 0 Å². The Labute approximate surface area is 104 Å². The summed E-state index contributed by atoms with van der Waals surface area (Å²) >= 11 is 0. The largest absolute Gasteiger partial charge is 0.293 e. The van der Waals surface area contributed by atoms with E-state index in [1.807, 2.05) is 17.9 Å². The van der Waals surface area contributed by atoms with E-state index in [0.717, 1.165) is 25.3 Å². The Kier molecular flexibility index (Phi) is 2.57. The smallest absolute Gasteiger partial charge is 0.102 e. The molecule has 7 nitrogen and oxygen atoms in total. The lowest BCUT2D eigenvalue weighted by molar-refractivity contribution is 0.0895. The van der Waals surface area contributed by atoms with Gasteiger partial charge in [-0.2, -0.15) is 10.4 Å². The first-order valence-corrected chi connectivity index (χ1v) is 5.76. The van der Waals surface area contributed by atoms with Crippen LogP contribution in [0.4, 0.5) is 0 Å². The van der Waals surface area contributed by atoms with E-state index < -0.39 is 0 Å². The summed E-state index contributed by atoms with van der Waals surface area (Å²) in [6, 6.07) is 2.45. The van der Waals surface area contributed by atoms with Gasteiger partial charge in [0.05, 0.1) is 23.5 Å². The van der Waals surface area contributed by atoms with Crippen LogP contribution >= 0.6 is 0 Å². The molecule has 1 fully saturated rings. The number of hydrogen-bond acceptors (Lipinski definition) is 5. The highest BCUT2D eigenvalue weighted by molar-refractivity contribution is 5.22. The summed E-state index contributed by atoms with van der Waals surface area (Å²) in [5, 5.41) is 20.9. The molecule has 3 rings (SSSR count). The lowest BCUT2D eigenvalue weighted by Gasteiger charge is -2.38. The summed E-state index contributed by atoms with van der Waals surface area (Å²) in [6.45, 7) is 2.68. The third kappa shape index (κ3) is 1.98. The van der Waals surface area contributed by atoms with Gasteiger partial charge < -0.3 is 0 Å². The van der Waals surface area contributed by atoms with E-state index >= 15 is 0 Å². The maximum absolute atomic E-state index is 8.74. The van der Waals surface area contributed by atoms with Crippen molar-refractivity contribution >= 4 is 0 Å². The van der Waals surface area contributed by atoms with Gasteiger partial charge in [-0.25, -0.2) is 0 Å². The number of hydrogen-bond donors (Lipinski definition) is 0. The van der Waals surface area contributed by atoms with Crippen LogP contribution in [0, 0.1) is 11.3 Å². The van der Waals surface area contributed by atoms with Gasteiger partial charge in [0.2, 0.25) is 0 Å². The minimum Gasteiger partial charge on any atom is -0.293 e. The summed E-state index contributed by atoms with van der Waals surface area (Å²) in [6.07, 6.45) is 5.32. The van der Waals surface area contributed by atoms with Crippen LogP contribution in [-0.2, 0) is 13.6 Å². The minimum atomic E-state index is 0.365. The Morgan fingerprint density at radius 2 is 2.28 bits per heavy atom. The molecule has 0 aromatic carbocycles. The third-order valence-corrected chi connectivity index (χ3v) is 3.08. The van der Waals surface area contributed by atoms with Gasteiger partial charge in [0.1, 0.15) is 6.07 Å². The van der Waals surface area contributed by atoms with Crippen LogP contribution in [0.15, 0.2) is 18.6 Å². The van der Waals surface area contributed by atoms with Crippen molar-refractivity contribution in [1.29, 1.82) is 5.26 Å². The highest BCUT2D eigenvalue weighted by atomic mass is 15.4. The molecule has 92 valence electrons. The molecule has 0 unspecified atom stereocenters. The molecule has 0 N–H and O–H groups in total. The number of aryl methyl sites for hydroxylation is 1. The van der Waals surface area contributed by atoms with Crippen LogP contribution in [0.1, 0.15) is 17.3 Å². The summed E-state index contributed by atoms with van der Waals surface area (Å²) in [4.78, 5) is 2.28. The van der Waals surface area contributed by atoms with Crippen molar-refractivity contribution in [2.45, 2.75) is 12.6 Å². The molecule has 0 aliphatic carbocycles. The highest BCUT2D eigenvalue weighted by Crippen LogP contribution is 2.22. The van der Waals surface area contributed by atoms with Crippen molar-refractivity contribution in [1.82, 2.24) is 29.7 Å². The number of rotatable bonds is 3. The average molecular weight is 243 g/mol. The van der Waals surface area contributed by atoms with E-state index in [9.17, 15) is 0 Å². The zero-order valence-corrected chi connectivity index (χ0v) is 10.1. The molecule has 1 saturated heterocycles. The van der Waals surface area contributed by atoms with Gasteiger partial charge in [0.15, 0.2) is 0 Å². The van der Waals surface area contributed by atoms with E-state index in [1.165, 1.54) is 0 Å². The second-order valence-electron chi connectivity index (χ2n) is 4.55. The lowest BCUT2D eigenvalue weighted by atomic mass is 10.1. The zero-order chi connectivity index (χ0) is 12.5. The van der Waals surface area contributed by atoms with Crippen LogP contribution in [0.3, 0.4) is 0 Å². The molecule has 3 heterocycles. The third-order valence-electron chi connectivity index (χ3n) is 3.08. The van der Waals surface area contributed by atoms with Crippen molar-refractivity contribution in [2.75, 3.05) is 13.1 Å². The van der Waals surface area contributed by atoms with Gasteiger partial charge >= 0.3 is 0 Å². The lowest BCUT2D eigenvalue weighted by Crippen LogP contribution is -2.47. The fourth-order valence-corrected chi connectivity index (χ4v) is 2.13. The van der Waals surface area contributed by atoms with E-state index in [0.29, 0.717) is 11.6 Å². The molecule has 0 spiro atoms. The van der Waals surface area contributed by atoms with Crippen molar-refractivity contribution in [3.8, 4) is 6.07 Å². The van der Waals surface area contributed by atoms with Gasteiger partial charge in [-0.05, 0) is 0 Å². The van der Waals surface area contributed by atoms with Crippen LogP contribution in [0.5, 0.6) is 0 Å². The molecule has 0 amide bonds. The van der Waals surface area contributed by atoms with Crippen LogP contribution in [0.2, 0.25) is 0 Å². The molecule has 7 heteroatoms. The minimum absolute atomic E-state index is 0.365. The quantitative estimate of drug-likeness (QED) is 0.755. The first-order valence-electron chi connectivity index (χ1n) is 5.76. The SMILES string of the molecule is Cn1cc(CN2CC(n3cc(C#N)cn3)C2)nn1. The average Bonchev–Trinajstić information content (AvgIpc) is 2.91. The predicted molar refractivity (Wildman–Crippen MR) is 62.3 cm³/mol. The topological polar surface area (TPSA) is 75.6 Å². The Balaban J connectivity index is 1.55. The van der Waals surface area contributed by atoms with Gasteiger partial charge in [0, 0.05) is 39.1 Å². The molecule has 0 bridgehead atoms. The van der Waals surface area contributed by atoms with Crippen molar-refractivity contribution in [2.24, 2.45) is 7.05 Å². The molecule has 1 aliphatic heterocycles. The normalized spacial score (nSPS) is 16.4. The zero-order valence-electron chi connectivity index (χ0n) is 10.1. The Morgan fingerprint density at radius 1 is 1.44 bits per heavy atom. The van der Waals surface area contributed by atoms with Crippen molar-refractivity contribution in [3.63, 3.8) is 0 Å². The fourth-order valence-electron chi connectivity index (χ4n) is 2.13. The standard InChI is InChI=1S/C11H13N7/c1-16-5-10(14-15-16)6-17-7-11(8-17)18-4-9(2-12)3-13-18/h3-5,11H,6-8H2,1H3. The van der Waals surface area contributed by atoms with Crippen LogP contribution in [-0.4, -0.2) is 42.8 Å². The van der Waals surface area contributed by atoms with E-state index in [-0.39, 0.29) is 0 Å². The highest BCUT2D eigenvalue weighted by Gasteiger charge is 2.29. The molecule has 0 saturated carbocycles. The monoisotopic (exact) mass is 243 g/mol. The molecule has 1 aliphatic rings. The van der Waals surface area contributed by atoms with E-state index in [2.05, 4.69) is 26.4 Å². The molecule has 2 aromatic heterocycles. The first kappa shape index (κ1) is 10.9. The van der Waals surface area contributed by atoms with Gasteiger partial charge in [0.25, 0.3) is 0 Å². The summed E-state index contributed by atoms with van der Waals surface area (Å²) in [5.74, 6) is 0. The molecular weight excluding hydrogens is 230 g/mol. The second kappa shape index (κ2) is 4.23. The summed E-state index contributed by atoms with van der Waals surface area (Å²) in [5.41, 5.74) is 1.59. The van der Waals surface area contributed by atoms with E-state index in [4.69, 9.17) is 5.26 Å². The Bertz CT molecular complexity index is 585. The number of aromatic nitrogens is 5. The summed E-state index contributed by atoms with van der Waals surface area (Å²) in [7, 11) is 1.86. The van der Waals surface area contributed by atoms with Gasteiger partial charge in [-0.1, -0.05) is 5.21 Å². The molecule has 2 aromatic rings. The molecule has 18 heavy (non-hydrogen) atoms. The van der Waals surface area contributed by atoms with E-state index in [1.54, 1.807) is 17.1 Å². The van der Waals surface area contributed by atoms with Gasteiger partial charge in [-0.15, -0.1) is 5.10 Å². The van der Waals surface area contributed by atoms with Gasteiger partial charge in [-0.3, -0.25) is 14.3 Å². The Hall–Kier alpha value is -2.20. The number of nitriles is 1. The first-order chi connectivity index (χ1) is 8.74. The predicted octanol–water partition coefficient (Wildman–Crippen LogP) is -0.0598. The number of likely N-dealkylation sites (tertiary alicyclic amines) is 1. The maximum Gasteiger partial charge on any atom is 0.102 e. The fraction of sp³-hybridized carbons (Fsp3) is 0.455. The second-order valence-corrected chi connectivity index (χ2v) is 4.55. The van der Waals surface area contributed by atoms with Crippen molar-refractivity contribution in [3.05, 3.63) is 29.8 Å². The Morgan fingerprint density at radius 3 is 2.89 bits per heavy atom.